The number of nitrogens with zero attached hydrogens (tertiary/aromatic N) is 1. The molecule has 0 aromatic carbocycles. The van der Waals surface area contributed by atoms with Crippen molar-refractivity contribution < 1.29 is 4.79 Å². The van der Waals surface area contributed by atoms with Crippen LogP contribution < -0.4 is 5.32 Å². The predicted molar refractivity (Wildman–Crippen MR) is 54.2 cm³/mol. The van der Waals surface area contributed by atoms with E-state index >= 15 is 0 Å². The van der Waals surface area contributed by atoms with E-state index in [1.165, 1.54) is 0 Å². The minimum absolute atomic E-state index is 0.127. The van der Waals surface area contributed by atoms with Crippen molar-refractivity contribution in [3.05, 3.63) is 30.1 Å². The van der Waals surface area contributed by atoms with Gasteiger partial charge in [0.2, 0.25) is 0 Å². The number of nitrogens with one attached hydrogen (secondary N) is 1. The Kier molecular flexibility index (Phi) is 2.33. The molecule has 0 amide bonds. The lowest BCUT2D eigenvalue weighted by atomic mass is 9.96. The summed E-state index contributed by atoms with van der Waals surface area (Å²) in [5.41, 5.74) is 0.609. The van der Waals surface area contributed by atoms with Crippen LogP contribution in [0.2, 0.25) is 0 Å². The normalized spacial score (nSPS) is 17.8. The zero-order valence-corrected chi connectivity index (χ0v) is 8.29. The molecule has 14 heavy (non-hydrogen) atoms. The lowest BCUT2D eigenvalue weighted by Gasteiger charge is -2.12. The Hall–Kier alpha value is -1.22. The first-order valence-corrected chi connectivity index (χ1v) is 4.88. The van der Waals surface area contributed by atoms with Gasteiger partial charge in [-0.05, 0) is 32.0 Å². The van der Waals surface area contributed by atoms with Gasteiger partial charge in [0.15, 0.2) is 5.78 Å². The number of hydrogen-bond donors (Lipinski definition) is 1. The van der Waals surface area contributed by atoms with Crippen LogP contribution in [-0.4, -0.2) is 24.4 Å². The van der Waals surface area contributed by atoms with Crippen molar-refractivity contribution in [2.75, 3.05) is 13.6 Å². The van der Waals surface area contributed by atoms with E-state index < -0.39 is 0 Å². The second-order valence-corrected chi connectivity index (χ2v) is 3.88. The molecule has 0 spiro atoms. The molecule has 3 nitrogen and oxygen atoms in total. The number of pyridine rings is 1. The molecule has 2 rings (SSSR count). The molecule has 74 valence electrons. The lowest BCUT2D eigenvalue weighted by molar-refractivity contribution is 0.0900. The maximum atomic E-state index is 12.0. The van der Waals surface area contributed by atoms with Crippen molar-refractivity contribution in [2.24, 2.45) is 5.41 Å². The fourth-order valence-electron chi connectivity index (χ4n) is 1.78. The van der Waals surface area contributed by atoms with E-state index in [-0.39, 0.29) is 11.2 Å². The molecule has 1 heterocycles. The SMILES string of the molecule is CNCC1(C(=O)c2cccnc2)CC1. The highest BCUT2D eigenvalue weighted by Crippen LogP contribution is 2.47. The summed E-state index contributed by atoms with van der Waals surface area (Å²) in [6, 6.07) is 3.65. The van der Waals surface area contributed by atoms with Crippen LogP contribution in [0.15, 0.2) is 24.5 Å². The Morgan fingerprint density at radius 1 is 1.64 bits per heavy atom. The van der Waals surface area contributed by atoms with Gasteiger partial charge in [-0.2, -0.15) is 0 Å². The van der Waals surface area contributed by atoms with Crippen LogP contribution in [-0.2, 0) is 0 Å². The summed E-state index contributed by atoms with van der Waals surface area (Å²) in [6.45, 7) is 0.778. The minimum Gasteiger partial charge on any atom is -0.319 e. The molecule has 0 bridgehead atoms. The summed E-state index contributed by atoms with van der Waals surface area (Å²) in [7, 11) is 1.89. The van der Waals surface area contributed by atoms with Crippen molar-refractivity contribution in [3.8, 4) is 0 Å². The standard InChI is InChI=1S/C11H14N2O/c1-12-8-11(4-5-11)10(14)9-3-2-6-13-7-9/h2-3,6-7,12H,4-5,8H2,1H3. The van der Waals surface area contributed by atoms with E-state index in [1.807, 2.05) is 19.2 Å². The van der Waals surface area contributed by atoms with Crippen molar-refractivity contribution in [2.45, 2.75) is 12.8 Å². The van der Waals surface area contributed by atoms with Gasteiger partial charge in [0.05, 0.1) is 0 Å². The van der Waals surface area contributed by atoms with Crippen molar-refractivity contribution >= 4 is 5.78 Å². The minimum atomic E-state index is -0.127. The molecule has 0 saturated heterocycles. The van der Waals surface area contributed by atoms with E-state index in [0.29, 0.717) is 0 Å². The molecule has 1 aromatic rings. The third-order valence-electron chi connectivity index (χ3n) is 2.77. The topological polar surface area (TPSA) is 42.0 Å². The number of carbonyl (C=O) groups is 1. The zero-order valence-electron chi connectivity index (χ0n) is 8.29. The van der Waals surface area contributed by atoms with Gasteiger partial charge < -0.3 is 5.32 Å². The van der Waals surface area contributed by atoms with E-state index in [4.69, 9.17) is 0 Å². The summed E-state index contributed by atoms with van der Waals surface area (Å²) in [5.74, 6) is 0.236. The number of Topliss-reactive ketones (excluding diaryl/α,β-unsaturated/α-hetero) is 1. The maximum absolute atomic E-state index is 12.0. The second-order valence-electron chi connectivity index (χ2n) is 3.88. The molecule has 1 aliphatic rings. The van der Waals surface area contributed by atoms with Crippen LogP contribution in [0.5, 0.6) is 0 Å². The molecule has 3 heteroatoms. The van der Waals surface area contributed by atoms with Gasteiger partial charge in [-0.1, -0.05) is 0 Å². The number of carbonyl (C=O) groups excluding carboxylic acids is 1. The van der Waals surface area contributed by atoms with E-state index in [1.54, 1.807) is 12.4 Å². The van der Waals surface area contributed by atoms with Crippen molar-refractivity contribution in [1.29, 1.82) is 0 Å². The summed E-state index contributed by atoms with van der Waals surface area (Å²) in [5, 5.41) is 3.08. The van der Waals surface area contributed by atoms with Gasteiger partial charge in [0.1, 0.15) is 0 Å². The molecule has 1 saturated carbocycles. The van der Waals surface area contributed by atoms with Crippen LogP contribution in [0.4, 0.5) is 0 Å². The van der Waals surface area contributed by atoms with Crippen LogP contribution in [0.25, 0.3) is 0 Å². The van der Waals surface area contributed by atoms with Crippen LogP contribution in [0, 0.1) is 5.41 Å². The second kappa shape index (κ2) is 3.50. The number of hydrogen-bond acceptors (Lipinski definition) is 3. The van der Waals surface area contributed by atoms with Gasteiger partial charge in [0, 0.05) is 29.9 Å². The summed E-state index contributed by atoms with van der Waals surface area (Å²) in [6.07, 6.45) is 5.34. The Bertz CT molecular complexity index is 330. The molecular weight excluding hydrogens is 176 g/mol. The number of aromatic nitrogens is 1. The first-order valence-electron chi connectivity index (χ1n) is 4.88. The van der Waals surface area contributed by atoms with Gasteiger partial charge >= 0.3 is 0 Å². The first-order chi connectivity index (χ1) is 6.78. The smallest absolute Gasteiger partial charge is 0.171 e. The predicted octanol–water partition coefficient (Wildman–Crippen LogP) is 1.26. The quantitative estimate of drug-likeness (QED) is 0.727. The van der Waals surface area contributed by atoms with E-state index in [0.717, 1.165) is 24.9 Å². The summed E-state index contributed by atoms with van der Waals surface area (Å²) < 4.78 is 0. The Balaban J connectivity index is 2.17. The highest BCUT2D eigenvalue weighted by molar-refractivity contribution is 6.02. The average Bonchev–Trinajstić information content (AvgIpc) is 3.00. The van der Waals surface area contributed by atoms with Crippen LogP contribution in [0.1, 0.15) is 23.2 Å². The van der Waals surface area contributed by atoms with Crippen LogP contribution >= 0.6 is 0 Å². The van der Waals surface area contributed by atoms with Crippen molar-refractivity contribution in [3.63, 3.8) is 0 Å². The van der Waals surface area contributed by atoms with E-state index in [2.05, 4.69) is 10.3 Å². The molecule has 1 aliphatic carbocycles. The molecule has 0 atom stereocenters. The third-order valence-corrected chi connectivity index (χ3v) is 2.77. The summed E-state index contributed by atoms with van der Waals surface area (Å²) >= 11 is 0. The molecule has 1 aromatic heterocycles. The third kappa shape index (κ3) is 1.55. The lowest BCUT2D eigenvalue weighted by Crippen LogP contribution is -2.27. The van der Waals surface area contributed by atoms with Gasteiger partial charge in [-0.3, -0.25) is 9.78 Å². The highest BCUT2D eigenvalue weighted by atomic mass is 16.1. The molecular formula is C11H14N2O. The highest BCUT2D eigenvalue weighted by Gasteiger charge is 2.49. The molecule has 0 unspecified atom stereocenters. The maximum Gasteiger partial charge on any atom is 0.171 e. The Morgan fingerprint density at radius 3 is 2.93 bits per heavy atom. The molecule has 1 N–H and O–H groups in total. The molecule has 0 aliphatic heterocycles. The summed E-state index contributed by atoms with van der Waals surface area (Å²) in [4.78, 5) is 16.0. The number of ketones is 1. The Morgan fingerprint density at radius 2 is 2.43 bits per heavy atom. The van der Waals surface area contributed by atoms with Gasteiger partial charge in [-0.25, -0.2) is 0 Å². The fraction of sp³-hybridized carbons (Fsp3) is 0.455. The monoisotopic (exact) mass is 190 g/mol. The van der Waals surface area contributed by atoms with E-state index in [9.17, 15) is 4.79 Å². The van der Waals surface area contributed by atoms with Crippen molar-refractivity contribution in [1.82, 2.24) is 10.3 Å². The molecule has 0 radical (unpaired) electrons. The Labute approximate surface area is 83.5 Å². The first kappa shape index (κ1) is 9.34. The zero-order chi connectivity index (χ0) is 10.0. The van der Waals surface area contributed by atoms with Gasteiger partial charge in [0.25, 0.3) is 0 Å². The number of rotatable bonds is 4. The van der Waals surface area contributed by atoms with Gasteiger partial charge in [-0.15, -0.1) is 0 Å². The average molecular weight is 190 g/mol. The van der Waals surface area contributed by atoms with Crippen LogP contribution in [0.3, 0.4) is 0 Å². The molecule has 1 fully saturated rings. The fourth-order valence-corrected chi connectivity index (χ4v) is 1.78. The largest absolute Gasteiger partial charge is 0.319 e.